The molecule has 2 aromatic heterocycles. The summed E-state index contributed by atoms with van der Waals surface area (Å²) in [6.45, 7) is 2.48. The molecule has 0 amide bonds. The van der Waals surface area contributed by atoms with Gasteiger partial charge in [0.2, 0.25) is 0 Å². The van der Waals surface area contributed by atoms with Crippen molar-refractivity contribution < 1.29 is 4.42 Å². The van der Waals surface area contributed by atoms with Crippen LogP contribution in [0.3, 0.4) is 0 Å². The minimum Gasteiger partial charge on any atom is -0.467 e. The fourth-order valence-corrected chi connectivity index (χ4v) is 1.44. The highest BCUT2D eigenvalue weighted by Crippen LogP contribution is 2.16. The molecular weight excluding hydrogens is 178 g/mol. The number of furan rings is 1. The van der Waals surface area contributed by atoms with Crippen molar-refractivity contribution in [1.82, 2.24) is 9.78 Å². The molecule has 0 radical (unpaired) electrons. The Morgan fingerprint density at radius 1 is 1.64 bits per heavy atom. The van der Waals surface area contributed by atoms with E-state index in [0.29, 0.717) is 6.54 Å². The average molecular weight is 191 g/mol. The predicted molar refractivity (Wildman–Crippen MR) is 52.9 cm³/mol. The predicted octanol–water partition coefficient (Wildman–Crippen LogP) is 1.33. The summed E-state index contributed by atoms with van der Waals surface area (Å²) in [5.41, 5.74) is 6.80. The fraction of sp³-hybridized carbons (Fsp3) is 0.300. The summed E-state index contributed by atoms with van der Waals surface area (Å²) in [6, 6.07) is 3.77. The van der Waals surface area contributed by atoms with Crippen LogP contribution in [-0.4, -0.2) is 16.3 Å². The molecule has 0 aliphatic heterocycles. The Kier molecular flexibility index (Phi) is 2.37. The van der Waals surface area contributed by atoms with Crippen LogP contribution in [0.15, 0.2) is 35.2 Å². The van der Waals surface area contributed by atoms with Gasteiger partial charge in [-0.05, 0) is 24.6 Å². The maximum absolute atomic E-state index is 5.68. The minimum atomic E-state index is -0.00120. The lowest BCUT2D eigenvalue weighted by atomic mass is 10.2. The van der Waals surface area contributed by atoms with Crippen molar-refractivity contribution in [3.8, 4) is 0 Å². The third kappa shape index (κ3) is 1.56. The quantitative estimate of drug-likeness (QED) is 0.796. The molecule has 1 unspecified atom stereocenters. The van der Waals surface area contributed by atoms with Crippen molar-refractivity contribution in [3.05, 3.63) is 42.1 Å². The molecule has 0 bridgehead atoms. The van der Waals surface area contributed by atoms with E-state index in [4.69, 9.17) is 10.2 Å². The van der Waals surface area contributed by atoms with Crippen LogP contribution in [0.5, 0.6) is 0 Å². The average Bonchev–Trinajstić information content (AvgIpc) is 2.79. The van der Waals surface area contributed by atoms with Gasteiger partial charge in [-0.3, -0.25) is 4.68 Å². The van der Waals surface area contributed by atoms with E-state index >= 15 is 0 Å². The standard InChI is InChI=1S/C10H13N3O/c1-8-6-12-13(7-8)9(5-11)10-3-2-4-14-10/h2-4,6-7,9H,5,11H2,1H3. The first-order chi connectivity index (χ1) is 6.81. The molecule has 0 aliphatic rings. The lowest BCUT2D eigenvalue weighted by Crippen LogP contribution is -2.20. The molecule has 0 saturated heterocycles. The van der Waals surface area contributed by atoms with Crippen LogP contribution in [0.1, 0.15) is 17.4 Å². The Hall–Kier alpha value is -1.55. The molecule has 14 heavy (non-hydrogen) atoms. The summed E-state index contributed by atoms with van der Waals surface area (Å²) in [7, 11) is 0. The molecule has 2 aromatic rings. The molecule has 0 saturated carbocycles. The number of hydrogen-bond acceptors (Lipinski definition) is 3. The van der Waals surface area contributed by atoms with Gasteiger partial charge in [0.25, 0.3) is 0 Å². The summed E-state index contributed by atoms with van der Waals surface area (Å²) in [5.74, 6) is 0.843. The van der Waals surface area contributed by atoms with Gasteiger partial charge in [0.05, 0.1) is 12.5 Å². The van der Waals surface area contributed by atoms with Crippen molar-refractivity contribution in [2.75, 3.05) is 6.54 Å². The van der Waals surface area contributed by atoms with E-state index in [1.165, 1.54) is 0 Å². The molecular formula is C10H13N3O. The summed E-state index contributed by atoms with van der Waals surface area (Å²) < 4.78 is 7.14. The van der Waals surface area contributed by atoms with E-state index < -0.39 is 0 Å². The molecule has 1 atom stereocenters. The van der Waals surface area contributed by atoms with E-state index in [0.717, 1.165) is 11.3 Å². The fourth-order valence-electron chi connectivity index (χ4n) is 1.44. The summed E-state index contributed by atoms with van der Waals surface area (Å²) >= 11 is 0. The second kappa shape index (κ2) is 3.67. The van der Waals surface area contributed by atoms with E-state index in [9.17, 15) is 0 Å². The van der Waals surface area contributed by atoms with Crippen LogP contribution in [0.4, 0.5) is 0 Å². The van der Waals surface area contributed by atoms with Gasteiger partial charge < -0.3 is 10.2 Å². The largest absolute Gasteiger partial charge is 0.467 e. The Bertz CT molecular complexity index is 391. The van der Waals surface area contributed by atoms with Gasteiger partial charge in [-0.1, -0.05) is 0 Å². The second-order valence-electron chi connectivity index (χ2n) is 3.26. The van der Waals surface area contributed by atoms with Crippen LogP contribution in [0, 0.1) is 6.92 Å². The highest BCUT2D eigenvalue weighted by molar-refractivity contribution is 5.09. The summed E-state index contributed by atoms with van der Waals surface area (Å²) in [5, 5.41) is 4.22. The van der Waals surface area contributed by atoms with Crippen molar-refractivity contribution in [1.29, 1.82) is 0 Å². The molecule has 0 fully saturated rings. The van der Waals surface area contributed by atoms with Crippen LogP contribution < -0.4 is 5.73 Å². The maximum Gasteiger partial charge on any atom is 0.129 e. The number of rotatable bonds is 3. The highest BCUT2D eigenvalue weighted by Gasteiger charge is 2.14. The zero-order valence-electron chi connectivity index (χ0n) is 8.05. The molecule has 0 aliphatic carbocycles. The van der Waals surface area contributed by atoms with Crippen LogP contribution in [0.2, 0.25) is 0 Å². The number of nitrogens with zero attached hydrogens (tertiary/aromatic N) is 2. The number of aryl methyl sites for hydroxylation is 1. The van der Waals surface area contributed by atoms with Gasteiger partial charge in [-0.2, -0.15) is 5.10 Å². The van der Waals surface area contributed by atoms with Crippen LogP contribution >= 0.6 is 0 Å². The lowest BCUT2D eigenvalue weighted by molar-refractivity contribution is 0.410. The van der Waals surface area contributed by atoms with Crippen molar-refractivity contribution in [3.63, 3.8) is 0 Å². The molecule has 74 valence electrons. The van der Waals surface area contributed by atoms with Crippen molar-refractivity contribution >= 4 is 0 Å². The first kappa shape index (κ1) is 9.02. The second-order valence-corrected chi connectivity index (χ2v) is 3.26. The van der Waals surface area contributed by atoms with Crippen molar-refractivity contribution in [2.45, 2.75) is 13.0 Å². The van der Waals surface area contributed by atoms with E-state index in [-0.39, 0.29) is 6.04 Å². The molecule has 2 heterocycles. The minimum absolute atomic E-state index is 0.00120. The summed E-state index contributed by atoms with van der Waals surface area (Å²) in [4.78, 5) is 0. The monoisotopic (exact) mass is 191 g/mol. The zero-order valence-corrected chi connectivity index (χ0v) is 8.05. The van der Waals surface area contributed by atoms with E-state index in [1.54, 1.807) is 6.26 Å². The SMILES string of the molecule is Cc1cnn(C(CN)c2ccco2)c1. The third-order valence-electron chi connectivity index (χ3n) is 2.14. The van der Waals surface area contributed by atoms with Crippen LogP contribution in [0.25, 0.3) is 0 Å². The number of nitrogens with two attached hydrogens (primary N) is 1. The first-order valence-electron chi connectivity index (χ1n) is 4.55. The molecule has 4 nitrogen and oxygen atoms in total. The molecule has 2 rings (SSSR count). The summed E-state index contributed by atoms with van der Waals surface area (Å²) in [6.07, 6.45) is 5.42. The Morgan fingerprint density at radius 3 is 3.00 bits per heavy atom. The third-order valence-corrected chi connectivity index (χ3v) is 2.14. The first-order valence-corrected chi connectivity index (χ1v) is 4.55. The molecule has 0 aromatic carbocycles. The van der Waals surface area contributed by atoms with Gasteiger partial charge in [-0.15, -0.1) is 0 Å². The number of hydrogen-bond donors (Lipinski definition) is 1. The lowest BCUT2D eigenvalue weighted by Gasteiger charge is -2.12. The topological polar surface area (TPSA) is 57.0 Å². The molecule has 4 heteroatoms. The van der Waals surface area contributed by atoms with Crippen molar-refractivity contribution in [2.24, 2.45) is 5.73 Å². The van der Waals surface area contributed by atoms with E-state index in [2.05, 4.69) is 5.10 Å². The van der Waals surface area contributed by atoms with Crippen LogP contribution in [-0.2, 0) is 0 Å². The van der Waals surface area contributed by atoms with Gasteiger partial charge in [0.15, 0.2) is 0 Å². The Morgan fingerprint density at radius 2 is 2.50 bits per heavy atom. The Labute approximate surface area is 82.3 Å². The molecule has 0 spiro atoms. The highest BCUT2D eigenvalue weighted by atomic mass is 16.3. The van der Waals surface area contributed by atoms with Gasteiger partial charge in [0.1, 0.15) is 11.8 Å². The maximum atomic E-state index is 5.68. The van der Waals surface area contributed by atoms with E-state index in [1.807, 2.05) is 36.1 Å². The smallest absolute Gasteiger partial charge is 0.129 e. The van der Waals surface area contributed by atoms with Gasteiger partial charge in [-0.25, -0.2) is 0 Å². The molecule has 2 N–H and O–H groups in total. The zero-order chi connectivity index (χ0) is 9.97. The Balaban J connectivity index is 2.31. The van der Waals surface area contributed by atoms with Gasteiger partial charge >= 0.3 is 0 Å². The number of aromatic nitrogens is 2. The van der Waals surface area contributed by atoms with Gasteiger partial charge in [0, 0.05) is 12.7 Å². The normalized spacial score (nSPS) is 13.0.